The van der Waals surface area contributed by atoms with E-state index in [0.29, 0.717) is 22.7 Å². The van der Waals surface area contributed by atoms with Crippen molar-refractivity contribution in [2.45, 2.75) is 44.7 Å². The van der Waals surface area contributed by atoms with Crippen LogP contribution in [0.15, 0.2) is 67.0 Å². The van der Waals surface area contributed by atoms with Gasteiger partial charge < -0.3 is 15.1 Å². The van der Waals surface area contributed by atoms with Crippen LogP contribution < -0.4 is 10.2 Å². The van der Waals surface area contributed by atoms with Crippen molar-refractivity contribution in [2.75, 3.05) is 24.5 Å². The maximum absolute atomic E-state index is 13.6. The van der Waals surface area contributed by atoms with Crippen molar-refractivity contribution in [1.82, 2.24) is 15.2 Å². The number of hydrogen-bond donors (Lipinski definition) is 1. The summed E-state index contributed by atoms with van der Waals surface area (Å²) in [4.78, 5) is 35.0. The van der Waals surface area contributed by atoms with E-state index < -0.39 is 0 Å². The normalized spacial score (nSPS) is 17.5. The molecule has 1 aliphatic heterocycles. The van der Waals surface area contributed by atoms with Crippen molar-refractivity contribution in [2.24, 2.45) is 0 Å². The zero-order valence-corrected chi connectivity index (χ0v) is 21.2. The molecule has 0 bridgehead atoms. The van der Waals surface area contributed by atoms with Gasteiger partial charge in [-0.3, -0.25) is 14.6 Å². The number of rotatable bonds is 6. The molecule has 0 saturated carbocycles. The molecule has 1 fully saturated rings. The Balaban J connectivity index is 1.28. The molecule has 2 amide bonds. The third-order valence-corrected chi connectivity index (χ3v) is 7.76. The summed E-state index contributed by atoms with van der Waals surface area (Å²) >= 11 is 6.22. The summed E-state index contributed by atoms with van der Waals surface area (Å²) in [5.74, 6) is -0.128. The summed E-state index contributed by atoms with van der Waals surface area (Å²) in [5.41, 5.74) is 4.55. The number of benzene rings is 2. The van der Waals surface area contributed by atoms with Crippen molar-refractivity contribution in [3.05, 3.63) is 94.3 Å². The van der Waals surface area contributed by atoms with E-state index in [1.807, 2.05) is 60.6 Å². The van der Waals surface area contributed by atoms with Crippen molar-refractivity contribution < 1.29 is 9.59 Å². The van der Waals surface area contributed by atoms with Gasteiger partial charge in [0.2, 0.25) is 0 Å². The van der Waals surface area contributed by atoms with Crippen LogP contribution in [0.1, 0.15) is 64.1 Å². The zero-order valence-electron chi connectivity index (χ0n) is 20.5. The smallest absolute Gasteiger partial charge is 0.254 e. The Morgan fingerprint density at radius 3 is 2.53 bits per heavy atom. The number of halogens is 1. The van der Waals surface area contributed by atoms with Crippen LogP contribution in [0.5, 0.6) is 0 Å². The topological polar surface area (TPSA) is 65.5 Å². The van der Waals surface area contributed by atoms with Crippen LogP contribution in [0, 0.1) is 0 Å². The van der Waals surface area contributed by atoms with Crippen LogP contribution in [0.2, 0.25) is 5.02 Å². The van der Waals surface area contributed by atoms with Gasteiger partial charge in [0.1, 0.15) is 0 Å². The van der Waals surface area contributed by atoms with E-state index >= 15 is 0 Å². The molecule has 0 radical (unpaired) electrons. The lowest BCUT2D eigenvalue weighted by Crippen LogP contribution is -2.47. The quantitative estimate of drug-likeness (QED) is 0.498. The van der Waals surface area contributed by atoms with Gasteiger partial charge >= 0.3 is 0 Å². The highest BCUT2D eigenvalue weighted by Gasteiger charge is 2.30. The van der Waals surface area contributed by atoms with Gasteiger partial charge in [-0.05, 0) is 80.1 Å². The minimum Gasteiger partial charge on any atom is -0.371 e. The first-order valence-electron chi connectivity index (χ1n) is 12.7. The lowest BCUT2D eigenvalue weighted by Gasteiger charge is -2.39. The molecule has 1 aliphatic carbocycles. The lowest BCUT2D eigenvalue weighted by molar-refractivity contribution is 0.0663. The number of carbonyl (C=O) groups is 2. The Kier molecular flexibility index (Phi) is 7.23. The number of carbonyl (C=O) groups excluding carboxylic acids is 2. The van der Waals surface area contributed by atoms with Crippen molar-refractivity contribution in [3.8, 4) is 0 Å². The molecule has 3 aromatic rings. The minimum absolute atomic E-state index is 0.0609. The first kappa shape index (κ1) is 24.3. The van der Waals surface area contributed by atoms with Gasteiger partial charge in [-0.25, -0.2) is 0 Å². The highest BCUT2D eigenvalue weighted by molar-refractivity contribution is 6.33. The summed E-state index contributed by atoms with van der Waals surface area (Å²) < 4.78 is 0. The van der Waals surface area contributed by atoms with Crippen LogP contribution in [-0.4, -0.2) is 47.4 Å². The highest BCUT2D eigenvalue weighted by Crippen LogP contribution is 2.33. The molecule has 2 heterocycles. The Morgan fingerprint density at radius 1 is 1.06 bits per heavy atom. The number of aryl methyl sites for hydroxylation is 1. The molecule has 7 heteroatoms. The largest absolute Gasteiger partial charge is 0.371 e. The molecule has 2 aliphatic rings. The standard InChI is InChI=1S/C29H31ClN4O2/c1-2-34(23-13-17-33(18-14-23)22-11-15-31-16-12-22)29(36)21-8-7-20-9-10-27(25(20)19-21)32-28(35)24-5-3-4-6-26(24)30/h3-8,11-12,15-16,19,23,27H,2,9-10,13-14,17-18H2,1H3,(H,32,35)/t27-/m1/s1. The van der Waals surface area contributed by atoms with E-state index in [1.54, 1.807) is 18.2 Å². The van der Waals surface area contributed by atoms with Crippen molar-refractivity contribution >= 4 is 29.1 Å². The predicted molar refractivity (Wildman–Crippen MR) is 143 cm³/mol. The summed E-state index contributed by atoms with van der Waals surface area (Å²) in [6.45, 7) is 4.55. The number of pyridine rings is 1. The van der Waals surface area contributed by atoms with Gasteiger partial charge in [0.15, 0.2) is 0 Å². The summed E-state index contributed by atoms with van der Waals surface area (Å²) in [6.07, 6.45) is 7.20. The maximum atomic E-state index is 13.6. The summed E-state index contributed by atoms with van der Waals surface area (Å²) in [6, 6.07) is 17.2. The molecule has 1 saturated heterocycles. The molecule has 2 aromatic carbocycles. The lowest BCUT2D eigenvalue weighted by atomic mass is 9.99. The number of aromatic nitrogens is 1. The number of nitrogens with one attached hydrogen (secondary N) is 1. The SMILES string of the molecule is CCN(C(=O)c1ccc2c(c1)[C@H](NC(=O)c1ccccc1Cl)CC2)C1CCN(c2ccncc2)CC1. The zero-order chi connectivity index (χ0) is 25.1. The molecule has 186 valence electrons. The molecular weight excluding hydrogens is 472 g/mol. The van der Waals surface area contributed by atoms with E-state index in [-0.39, 0.29) is 23.9 Å². The first-order valence-corrected chi connectivity index (χ1v) is 13.1. The van der Waals surface area contributed by atoms with Crippen LogP contribution in [0.4, 0.5) is 5.69 Å². The van der Waals surface area contributed by atoms with Gasteiger partial charge in [-0.2, -0.15) is 0 Å². The second-order valence-corrected chi connectivity index (χ2v) is 9.88. The molecule has 0 spiro atoms. The van der Waals surface area contributed by atoms with E-state index in [1.165, 1.54) is 11.3 Å². The Bertz CT molecular complexity index is 1240. The third-order valence-electron chi connectivity index (χ3n) is 7.43. The fraction of sp³-hybridized carbons (Fsp3) is 0.345. The van der Waals surface area contributed by atoms with Gasteiger partial charge in [-0.15, -0.1) is 0 Å². The second kappa shape index (κ2) is 10.7. The molecule has 1 atom stereocenters. The molecule has 36 heavy (non-hydrogen) atoms. The van der Waals surface area contributed by atoms with Crippen LogP contribution in [-0.2, 0) is 6.42 Å². The number of fused-ring (bicyclic) bond motifs is 1. The van der Waals surface area contributed by atoms with Crippen molar-refractivity contribution in [1.29, 1.82) is 0 Å². The molecular formula is C29H31ClN4O2. The van der Waals surface area contributed by atoms with Crippen LogP contribution >= 0.6 is 11.6 Å². The van der Waals surface area contributed by atoms with Gasteiger partial charge in [0.05, 0.1) is 16.6 Å². The molecule has 5 rings (SSSR count). The molecule has 1 N–H and O–H groups in total. The van der Waals surface area contributed by atoms with Crippen LogP contribution in [0.3, 0.4) is 0 Å². The summed E-state index contributed by atoms with van der Waals surface area (Å²) in [7, 11) is 0. The molecule has 6 nitrogen and oxygen atoms in total. The predicted octanol–water partition coefficient (Wildman–Crippen LogP) is 5.28. The minimum atomic E-state index is -0.189. The van der Waals surface area contributed by atoms with E-state index in [0.717, 1.165) is 44.3 Å². The van der Waals surface area contributed by atoms with Gasteiger partial charge in [0, 0.05) is 49.3 Å². The Hall–Kier alpha value is -3.38. The first-order chi connectivity index (χ1) is 17.5. The van der Waals surface area contributed by atoms with Gasteiger partial charge in [-0.1, -0.05) is 29.8 Å². The summed E-state index contributed by atoms with van der Waals surface area (Å²) in [5, 5.41) is 3.56. The van der Waals surface area contributed by atoms with E-state index in [4.69, 9.17) is 11.6 Å². The number of amides is 2. The monoisotopic (exact) mass is 502 g/mol. The number of nitrogens with zero attached hydrogens (tertiary/aromatic N) is 3. The molecule has 1 aromatic heterocycles. The Morgan fingerprint density at radius 2 is 1.81 bits per heavy atom. The molecule has 0 unspecified atom stereocenters. The van der Waals surface area contributed by atoms with Crippen LogP contribution in [0.25, 0.3) is 0 Å². The highest BCUT2D eigenvalue weighted by atomic mass is 35.5. The maximum Gasteiger partial charge on any atom is 0.254 e. The van der Waals surface area contributed by atoms with E-state index in [2.05, 4.69) is 15.2 Å². The fourth-order valence-electron chi connectivity index (χ4n) is 5.49. The number of piperidine rings is 1. The number of anilines is 1. The second-order valence-electron chi connectivity index (χ2n) is 9.47. The Labute approximate surface area is 217 Å². The fourth-order valence-corrected chi connectivity index (χ4v) is 5.71. The average molecular weight is 503 g/mol. The van der Waals surface area contributed by atoms with E-state index in [9.17, 15) is 9.59 Å². The number of hydrogen-bond acceptors (Lipinski definition) is 4. The third kappa shape index (κ3) is 4.96. The van der Waals surface area contributed by atoms with Gasteiger partial charge in [0.25, 0.3) is 11.8 Å². The average Bonchev–Trinajstić information content (AvgIpc) is 3.32. The van der Waals surface area contributed by atoms with Crippen molar-refractivity contribution in [3.63, 3.8) is 0 Å².